The Kier molecular flexibility index (Phi) is 4.52. The minimum atomic E-state index is 0.346. The highest BCUT2D eigenvalue weighted by molar-refractivity contribution is 6.30. The van der Waals surface area contributed by atoms with Gasteiger partial charge in [-0.15, -0.1) is 12.3 Å². The van der Waals surface area contributed by atoms with E-state index >= 15 is 0 Å². The molecule has 1 unspecified atom stereocenters. The van der Waals surface area contributed by atoms with Gasteiger partial charge in [-0.3, -0.25) is 0 Å². The SMILES string of the molecule is C#CCC(C)NCc1cccc(Cl)c1. The van der Waals surface area contributed by atoms with Crippen LogP contribution in [0, 0.1) is 12.3 Å². The summed E-state index contributed by atoms with van der Waals surface area (Å²) in [5, 5.41) is 4.10. The van der Waals surface area contributed by atoms with Gasteiger partial charge in [-0.1, -0.05) is 23.7 Å². The van der Waals surface area contributed by atoms with Crippen LogP contribution in [0.2, 0.25) is 5.02 Å². The summed E-state index contributed by atoms with van der Waals surface area (Å²) in [7, 11) is 0. The highest BCUT2D eigenvalue weighted by Gasteiger charge is 1.99. The van der Waals surface area contributed by atoms with Crippen LogP contribution in [0.25, 0.3) is 0 Å². The number of nitrogens with one attached hydrogen (secondary N) is 1. The third-order valence-corrected chi connectivity index (χ3v) is 2.20. The molecule has 0 aliphatic carbocycles. The van der Waals surface area contributed by atoms with Crippen molar-refractivity contribution in [2.45, 2.75) is 25.9 Å². The van der Waals surface area contributed by atoms with Gasteiger partial charge >= 0.3 is 0 Å². The maximum Gasteiger partial charge on any atom is 0.0409 e. The molecule has 0 aliphatic rings. The smallest absolute Gasteiger partial charge is 0.0409 e. The largest absolute Gasteiger partial charge is 0.309 e. The number of benzene rings is 1. The van der Waals surface area contributed by atoms with E-state index in [1.165, 1.54) is 5.56 Å². The van der Waals surface area contributed by atoms with Crippen molar-refractivity contribution in [2.75, 3.05) is 0 Å². The lowest BCUT2D eigenvalue weighted by molar-refractivity contribution is 0.559. The first kappa shape index (κ1) is 11.1. The topological polar surface area (TPSA) is 12.0 Å². The standard InChI is InChI=1S/C12H14ClN/c1-3-5-10(2)14-9-11-6-4-7-12(13)8-11/h1,4,6-8,10,14H,5,9H2,2H3. The normalized spacial score (nSPS) is 12.1. The zero-order valence-electron chi connectivity index (χ0n) is 8.26. The summed E-state index contributed by atoms with van der Waals surface area (Å²) in [4.78, 5) is 0. The van der Waals surface area contributed by atoms with E-state index in [2.05, 4.69) is 18.2 Å². The minimum Gasteiger partial charge on any atom is -0.309 e. The van der Waals surface area contributed by atoms with Crippen molar-refractivity contribution in [1.82, 2.24) is 5.32 Å². The van der Waals surface area contributed by atoms with E-state index in [4.69, 9.17) is 18.0 Å². The molecule has 0 amide bonds. The number of hydrogen-bond acceptors (Lipinski definition) is 1. The van der Waals surface area contributed by atoms with Gasteiger partial charge in [-0.25, -0.2) is 0 Å². The summed E-state index contributed by atoms with van der Waals surface area (Å²) in [5.41, 5.74) is 1.18. The molecule has 0 spiro atoms. The van der Waals surface area contributed by atoms with Crippen LogP contribution in [0.1, 0.15) is 18.9 Å². The average Bonchev–Trinajstić information content (AvgIpc) is 2.15. The number of rotatable bonds is 4. The van der Waals surface area contributed by atoms with Crippen molar-refractivity contribution in [3.05, 3.63) is 34.9 Å². The molecule has 2 heteroatoms. The van der Waals surface area contributed by atoms with Crippen LogP contribution in [-0.4, -0.2) is 6.04 Å². The summed E-state index contributed by atoms with van der Waals surface area (Å²) < 4.78 is 0. The first-order valence-corrected chi connectivity index (χ1v) is 5.01. The first-order valence-electron chi connectivity index (χ1n) is 4.63. The number of terminal acetylenes is 1. The van der Waals surface area contributed by atoms with Crippen molar-refractivity contribution >= 4 is 11.6 Å². The van der Waals surface area contributed by atoms with Crippen molar-refractivity contribution < 1.29 is 0 Å². The average molecular weight is 208 g/mol. The fraction of sp³-hybridized carbons (Fsp3) is 0.333. The van der Waals surface area contributed by atoms with E-state index in [0.717, 1.165) is 18.0 Å². The monoisotopic (exact) mass is 207 g/mol. The van der Waals surface area contributed by atoms with Crippen LogP contribution in [0.3, 0.4) is 0 Å². The molecular weight excluding hydrogens is 194 g/mol. The molecule has 0 aliphatic heterocycles. The maximum atomic E-state index is 5.86. The molecule has 0 heterocycles. The predicted molar refractivity (Wildman–Crippen MR) is 61.2 cm³/mol. The molecule has 0 saturated heterocycles. The van der Waals surface area contributed by atoms with Crippen molar-refractivity contribution in [3.63, 3.8) is 0 Å². The van der Waals surface area contributed by atoms with E-state index in [1.807, 2.05) is 24.3 Å². The van der Waals surface area contributed by atoms with Crippen LogP contribution in [0.4, 0.5) is 0 Å². The molecule has 0 fully saturated rings. The van der Waals surface area contributed by atoms with Crippen molar-refractivity contribution in [2.24, 2.45) is 0 Å². The fourth-order valence-corrected chi connectivity index (χ4v) is 1.40. The first-order chi connectivity index (χ1) is 6.72. The minimum absolute atomic E-state index is 0.346. The molecule has 74 valence electrons. The van der Waals surface area contributed by atoms with E-state index in [-0.39, 0.29) is 0 Å². The lowest BCUT2D eigenvalue weighted by atomic mass is 10.2. The molecular formula is C12H14ClN. The molecule has 14 heavy (non-hydrogen) atoms. The van der Waals surface area contributed by atoms with Gasteiger partial charge < -0.3 is 5.32 Å². The second kappa shape index (κ2) is 5.70. The third-order valence-electron chi connectivity index (χ3n) is 1.97. The van der Waals surface area contributed by atoms with Gasteiger partial charge in [0.15, 0.2) is 0 Å². The number of hydrogen-bond donors (Lipinski definition) is 1. The van der Waals surface area contributed by atoms with Crippen molar-refractivity contribution in [3.8, 4) is 12.3 Å². The molecule has 1 nitrogen and oxygen atoms in total. The van der Waals surface area contributed by atoms with Gasteiger partial charge in [0.05, 0.1) is 0 Å². The van der Waals surface area contributed by atoms with Crippen LogP contribution in [0.5, 0.6) is 0 Å². The van der Waals surface area contributed by atoms with Crippen molar-refractivity contribution in [1.29, 1.82) is 0 Å². The van der Waals surface area contributed by atoms with E-state index in [1.54, 1.807) is 0 Å². The highest BCUT2D eigenvalue weighted by atomic mass is 35.5. The Balaban J connectivity index is 2.42. The summed E-state index contributed by atoms with van der Waals surface area (Å²) in [5.74, 6) is 2.63. The predicted octanol–water partition coefficient (Wildman–Crippen LogP) is 2.84. The van der Waals surface area contributed by atoms with Gasteiger partial charge in [0.2, 0.25) is 0 Å². The Bertz CT molecular complexity index is 327. The molecule has 0 aromatic heterocycles. The molecule has 1 rings (SSSR count). The van der Waals surface area contributed by atoms with Crippen LogP contribution in [-0.2, 0) is 6.54 Å². The van der Waals surface area contributed by atoms with Crippen LogP contribution < -0.4 is 5.32 Å². The molecule has 1 N–H and O–H groups in total. The number of halogens is 1. The Labute approximate surface area is 90.5 Å². The lowest BCUT2D eigenvalue weighted by Crippen LogP contribution is -2.24. The van der Waals surface area contributed by atoms with E-state index in [0.29, 0.717) is 6.04 Å². The Hall–Kier alpha value is -0.970. The summed E-state index contributed by atoms with van der Waals surface area (Å²) in [6, 6.07) is 8.17. The molecule has 0 bridgehead atoms. The third kappa shape index (κ3) is 3.83. The lowest BCUT2D eigenvalue weighted by Gasteiger charge is -2.10. The quantitative estimate of drug-likeness (QED) is 0.749. The fourth-order valence-electron chi connectivity index (χ4n) is 1.19. The van der Waals surface area contributed by atoms with Gasteiger partial charge in [-0.05, 0) is 24.6 Å². The highest BCUT2D eigenvalue weighted by Crippen LogP contribution is 2.10. The maximum absolute atomic E-state index is 5.86. The van der Waals surface area contributed by atoms with E-state index in [9.17, 15) is 0 Å². The van der Waals surface area contributed by atoms with Crippen LogP contribution in [0.15, 0.2) is 24.3 Å². The molecule has 1 aromatic rings. The summed E-state index contributed by atoms with van der Waals surface area (Å²) in [6.45, 7) is 2.88. The molecule has 1 aromatic carbocycles. The van der Waals surface area contributed by atoms with Gasteiger partial charge in [0.1, 0.15) is 0 Å². The van der Waals surface area contributed by atoms with Gasteiger partial charge in [-0.2, -0.15) is 0 Å². The Morgan fingerprint density at radius 1 is 1.57 bits per heavy atom. The second-order valence-electron chi connectivity index (χ2n) is 3.32. The van der Waals surface area contributed by atoms with Gasteiger partial charge in [0, 0.05) is 24.0 Å². The van der Waals surface area contributed by atoms with E-state index < -0.39 is 0 Å². The molecule has 0 saturated carbocycles. The molecule has 1 atom stereocenters. The summed E-state index contributed by atoms with van der Waals surface area (Å²) >= 11 is 5.86. The molecule has 0 radical (unpaired) electrons. The summed E-state index contributed by atoms with van der Waals surface area (Å²) in [6.07, 6.45) is 5.96. The second-order valence-corrected chi connectivity index (χ2v) is 3.76. The van der Waals surface area contributed by atoms with Crippen LogP contribution >= 0.6 is 11.6 Å². The zero-order chi connectivity index (χ0) is 10.4. The Morgan fingerprint density at radius 3 is 3.00 bits per heavy atom. The zero-order valence-corrected chi connectivity index (χ0v) is 9.01. The Morgan fingerprint density at radius 2 is 2.36 bits per heavy atom. The van der Waals surface area contributed by atoms with Gasteiger partial charge in [0.25, 0.3) is 0 Å².